The predicted octanol–water partition coefficient (Wildman–Crippen LogP) is 3.84. The first kappa shape index (κ1) is 17.7. The second-order valence-electron chi connectivity index (χ2n) is 7.09. The molecular weight excluding hydrogens is 326 g/mol. The highest BCUT2D eigenvalue weighted by atomic mass is 35.5. The van der Waals surface area contributed by atoms with Gasteiger partial charge in [0, 0.05) is 37.4 Å². The zero-order chi connectivity index (χ0) is 17.2. The van der Waals surface area contributed by atoms with E-state index in [1.807, 2.05) is 29.2 Å². The van der Waals surface area contributed by atoms with Crippen molar-refractivity contribution in [3.05, 3.63) is 34.9 Å². The van der Waals surface area contributed by atoms with Crippen LogP contribution in [0.3, 0.4) is 0 Å². The first-order valence-corrected chi connectivity index (χ1v) is 9.18. The summed E-state index contributed by atoms with van der Waals surface area (Å²) in [6.07, 6.45) is 2.08. The van der Waals surface area contributed by atoms with Crippen LogP contribution in [0.1, 0.15) is 44.6 Å². The zero-order valence-corrected chi connectivity index (χ0v) is 15.2. The monoisotopic (exact) mass is 351 g/mol. The molecule has 2 fully saturated rings. The van der Waals surface area contributed by atoms with Gasteiger partial charge in [0.2, 0.25) is 5.91 Å². The Morgan fingerprint density at radius 3 is 2.29 bits per heavy atom. The van der Waals surface area contributed by atoms with Crippen LogP contribution in [0.2, 0.25) is 5.02 Å². The molecule has 24 heavy (non-hydrogen) atoms. The Labute approximate surface area is 149 Å². The Hall–Kier alpha value is -1.10. The molecule has 0 saturated carbocycles. The summed E-state index contributed by atoms with van der Waals surface area (Å²) in [5.41, 5.74) is 1.18. The molecule has 1 aromatic rings. The average Bonchev–Trinajstić information content (AvgIpc) is 3.02. The van der Waals surface area contributed by atoms with Gasteiger partial charge in [0.15, 0.2) is 5.79 Å². The lowest BCUT2D eigenvalue weighted by Crippen LogP contribution is -2.47. The highest BCUT2D eigenvalue weighted by molar-refractivity contribution is 6.30. The molecule has 0 aliphatic carbocycles. The Morgan fingerprint density at radius 2 is 1.75 bits per heavy atom. The number of piperidine rings is 1. The standard InChI is InChI=1S/C19H26ClNO3/c1-14(2)17(15-3-5-16(20)6-4-15)13-18(22)21-9-7-19(8-10-21)23-11-12-24-19/h3-6,14,17H,7-13H2,1-2H3. The SMILES string of the molecule is CC(C)C(CC(=O)N1CCC2(CC1)OCCO2)c1ccc(Cl)cc1. The summed E-state index contributed by atoms with van der Waals surface area (Å²) >= 11 is 5.98. The molecule has 1 amide bonds. The second kappa shape index (κ2) is 7.42. The number of benzene rings is 1. The molecule has 5 heteroatoms. The Morgan fingerprint density at radius 1 is 1.17 bits per heavy atom. The van der Waals surface area contributed by atoms with E-state index < -0.39 is 5.79 Å². The normalized spacial score (nSPS) is 21.4. The van der Waals surface area contributed by atoms with E-state index in [1.54, 1.807) is 0 Å². The second-order valence-corrected chi connectivity index (χ2v) is 7.53. The summed E-state index contributed by atoms with van der Waals surface area (Å²) in [6.45, 7) is 7.09. The Bertz CT molecular complexity index is 556. The summed E-state index contributed by atoms with van der Waals surface area (Å²) in [5.74, 6) is 0.401. The van der Waals surface area contributed by atoms with Gasteiger partial charge < -0.3 is 14.4 Å². The van der Waals surface area contributed by atoms with Crippen molar-refractivity contribution in [1.82, 2.24) is 4.90 Å². The lowest BCUT2D eigenvalue weighted by atomic mass is 9.85. The molecule has 0 N–H and O–H groups in total. The molecule has 4 nitrogen and oxygen atoms in total. The van der Waals surface area contributed by atoms with Gasteiger partial charge in [-0.1, -0.05) is 37.6 Å². The third-order valence-electron chi connectivity index (χ3n) is 5.19. The number of carbonyl (C=O) groups excluding carboxylic acids is 1. The smallest absolute Gasteiger partial charge is 0.223 e. The lowest BCUT2D eigenvalue weighted by Gasteiger charge is -2.38. The highest BCUT2D eigenvalue weighted by Crippen LogP contribution is 2.33. The van der Waals surface area contributed by atoms with E-state index in [0.29, 0.717) is 38.6 Å². The van der Waals surface area contributed by atoms with Crippen molar-refractivity contribution in [2.24, 2.45) is 5.92 Å². The number of ether oxygens (including phenoxy) is 2. The van der Waals surface area contributed by atoms with E-state index in [0.717, 1.165) is 17.9 Å². The van der Waals surface area contributed by atoms with Crippen LogP contribution >= 0.6 is 11.6 Å². The van der Waals surface area contributed by atoms with Crippen molar-refractivity contribution in [2.45, 2.75) is 44.8 Å². The van der Waals surface area contributed by atoms with Gasteiger partial charge in [0.1, 0.15) is 0 Å². The lowest BCUT2D eigenvalue weighted by molar-refractivity contribution is -0.187. The van der Waals surface area contributed by atoms with Gasteiger partial charge in [-0.05, 0) is 29.5 Å². The molecule has 2 aliphatic rings. The van der Waals surface area contributed by atoms with E-state index in [1.165, 1.54) is 5.56 Å². The maximum atomic E-state index is 12.8. The van der Waals surface area contributed by atoms with Gasteiger partial charge in [0.05, 0.1) is 13.2 Å². The fourth-order valence-corrected chi connectivity index (χ4v) is 3.77. The van der Waals surface area contributed by atoms with Gasteiger partial charge in [-0.3, -0.25) is 4.79 Å². The minimum atomic E-state index is -0.426. The fourth-order valence-electron chi connectivity index (χ4n) is 3.65. The number of likely N-dealkylation sites (tertiary alicyclic amines) is 1. The number of hydrogen-bond acceptors (Lipinski definition) is 3. The van der Waals surface area contributed by atoms with E-state index in [4.69, 9.17) is 21.1 Å². The van der Waals surface area contributed by atoms with Gasteiger partial charge in [-0.2, -0.15) is 0 Å². The van der Waals surface area contributed by atoms with E-state index >= 15 is 0 Å². The molecule has 0 bridgehead atoms. The van der Waals surface area contributed by atoms with Crippen molar-refractivity contribution < 1.29 is 14.3 Å². The topological polar surface area (TPSA) is 38.8 Å². The summed E-state index contributed by atoms with van der Waals surface area (Å²) < 4.78 is 11.5. The van der Waals surface area contributed by atoms with Crippen LogP contribution in [0, 0.1) is 5.92 Å². The summed E-state index contributed by atoms with van der Waals surface area (Å²) in [7, 11) is 0. The molecule has 2 heterocycles. The van der Waals surface area contributed by atoms with Crippen LogP contribution < -0.4 is 0 Å². The number of halogens is 1. The number of hydrogen-bond donors (Lipinski definition) is 0. The van der Waals surface area contributed by atoms with Crippen LogP contribution in [0.15, 0.2) is 24.3 Å². The van der Waals surface area contributed by atoms with Crippen LogP contribution in [0.4, 0.5) is 0 Å². The van der Waals surface area contributed by atoms with Crippen molar-refractivity contribution in [2.75, 3.05) is 26.3 Å². The van der Waals surface area contributed by atoms with E-state index in [-0.39, 0.29) is 11.8 Å². The van der Waals surface area contributed by atoms with Gasteiger partial charge in [-0.25, -0.2) is 0 Å². The molecule has 1 unspecified atom stereocenters. The van der Waals surface area contributed by atoms with Gasteiger partial charge in [-0.15, -0.1) is 0 Å². The molecule has 3 rings (SSSR count). The van der Waals surface area contributed by atoms with Crippen LogP contribution in [-0.4, -0.2) is 42.9 Å². The average molecular weight is 352 g/mol. The van der Waals surface area contributed by atoms with Crippen molar-refractivity contribution in [3.8, 4) is 0 Å². The summed E-state index contributed by atoms with van der Waals surface area (Å²) in [4.78, 5) is 14.7. The quantitative estimate of drug-likeness (QED) is 0.827. The first-order chi connectivity index (χ1) is 11.5. The van der Waals surface area contributed by atoms with Crippen LogP contribution in [0.25, 0.3) is 0 Å². The molecule has 2 aliphatic heterocycles. The zero-order valence-electron chi connectivity index (χ0n) is 14.5. The third kappa shape index (κ3) is 3.93. The van der Waals surface area contributed by atoms with E-state index in [9.17, 15) is 4.79 Å². The highest BCUT2D eigenvalue weighted by Gasteiger charge is 2.41. The fraction of sp³-hybridized carbons (Fsp3) is 0.632. The number of rotatable bonds is 4. The molecule has 0 aromatic heterocycles. The predicted molar refractivity (Wildman–Crippen MR) is 94.1 cm³/mol. The molecule has 2 saturated heterocycles. The van der Waals surface area contributed by atoms with Gasteiger partial charge in [0.25, 0.3) is 0 Å². The van der Waals surface area contributed by atoms with Crippen molar-refractivity contribution in [1.29, 1.82) is 0 Å². The molecular formula is C19H26ClNO3. The van der Waals surface area contributed by atoms with E-state index in [2.05, 4.69) is 13.8 Å². The maximum absolute atomic E-state index is 12.8. The maximum Gasteiger partial charge on any atom is 0.223 e. The molecule has 0 radical (unpaired) electrons. The first-order valence-electron chi connectivity index (χ1n) is 8.80. The number of amides is 1. The third-order valence-corrected chi connectivity index (χ3v) is 5.44. The minimum Gasteiger partial charge on any atom is -0.347 e. The minimum absolute atomic E-state index is 0.213. The number of carbonyl (C=O) groups is 1. The Kier molecular flexibility index (Phi) is 5.48. The van der Waals surface area contributed by atoms with Crippen molar-refractivity contribution in [3.63, 3.8) is 0 Å². The largest absolute Gasteiger partial charge is 0.347 e. The molecule has 1 atom stereocenters. The Balaban J connectivity index is 1.61. The van der Waals surface area contributed by atoms with Crippen LogP contribution in [0.5, 0.6) is 0 Å². The van der Waals surface area contributed by atoms with Gasteiger partial charge >= 0.3 is 0 Å². The van der Waals surface area contributed by atoms with Crippen LogP contribution in [-0.2, 0) is 14.3 Å². The number of nitrogens with zero attached hydrogens (tertiary/aromatic N) is 1. The molecule has 1 aromatic carbocycles. The summed E-state index contributed by atoms with van der Waals surface area (Å²) in [5, 5.41) is 0.727. The van der Waals surface area contributed by atoms with Crippen molar-refractivity contribution >= 4 is 17.5 Å². The summed E-state index contributed by atoms with van der Waals surface area (Å²) in [6, 6.07) is 7.86. The molecule has 1 spiro atoms. The molecule has 132 valence electrons.